The molecule has 0 aliphatic rings. The number of rotatable bonds is 3. The minimum absolute atomic E-state index is 0. The summed E-state index contributed by atoms with van der Waals surface area (Å²) in [6, 6.07) is 12.7. The van der Waals surface area contributed by atoms with Crippen LogP contribution in [0.1, 0.15) is 17.0 Å². The van der Waals surface area contributed by atoms with E-state index in [9.17, 15) is 0 Å². The van der Waals surface area contributed by atoms with Crippen LogP contribution in [0.15, 0.2) is 41.8 Å². The lowest BCUT2D eigenvalue weighted by Crippen LogP contribution is -2.03. The van der Waals surface area contributed by atoms with E-state index in [1.807, 2.05) is 11.4 Å². The van der Waals surface area contributed by atoms with Crippen LogP contribution in [0.5, 0.6) is 0 Å². The van der Waals surface area contributed by atoms with Gasteiger partial charge in [0, 0.05) is 28.9 Å². The summed E-state index contributed by atoms with van der Waals surface area (Å²) in [4.78, 5) is 4.39. The van der Waals surface area contributed by atoms with Crippen molar-refractivity contribution in [1.82, 2.24) is 9.55 Å². The lowest BCUT2D eigenvalue weighted by Gasteiger charge is -2.09. The fourth-order valence-electron chi connectivity index (χ4n) is 2.48. The van der Waals surface area contributed by atoms with Gasteiger partial charge in [-0.25, -0.2) is 4.98 Å². The van der Waals surface area contributed by atoms with Gasteiger partial charge in [-0.2, -0.15) is 0 Å². The zero-order valence-electron chi connectivity index (χ0n) is 12.0. The Balaban J connectivity index is 0.00000161. The molecule has 0 saturated carbocycles. The Morgan fingerprint density at radius 3 is 2.52 bits per heavy atom. The molecule has 2 N–H and O–H groups in total. The number of thiazole rings is 1. The first-order valence-electron chi connectivity index (χ1n) is 6.57. The molecule has 2 aromatic heterocycles. The van der Waals surface area contributed by atoms with E-state index in [1.54, 1.807) is 0 Å². The molecule has 1 aromatic carbocycles. The first-order chi connectivity index (χ1) is 9.65. The maximum absolute atomic E-state index is 5.74. The first-order valence-corrected chi connectivity index (χ1v) is 7.45. The van der Waals surface area contributed by atoms with Crippen LogP contribution in [-0.4, -0.2) is 9.55 Å². The van der Waals surface area contributed by atoms with Gasteiger partial charge in [-0.3, -0.25) is 0 Å². The second kappa shape index (κ2) is 6.33. The molecule has 0 atom stereocenters. The predicted molar refractivity (Wildman–Crippen MR) is 92.2 cm³/mol. The second-order valence-electron chi connectivity index (χ2n) is 4.93. The number of nitrogens with two attached hydrogens (primary N) is 1. The van der Waals surface area contributed by atoms with Gasteiger partial charge in [-0.1, -0.05) is 30.3 Å². The van der Waals surface area contributed by atoms with Gasteiger partial charge in [0.2, 0.25) is 0 Å². The molecule has 0 spiro atoms. The van der Waals surface area contributed by atoms with Crippen molar-refractivity contribution in [2.45, 2.75) is 20.4 Å². The standard InChI is InChI=1S/C16H17N3S.ClH/c1-11-8-14(15-10-20-16(17)18-15)12(2)19(11)9-13-6-4-3-5-7-13;/h3-8,10H,9H2,1-2H3,(H2,17,18);1H. The van der Waals surface area contributed by atoms with Gasteiger partial charge in [-0.15, -0.1) is 23.7 Å². The molecule has 5 heteroatoms. The number of nitrogen functional groups attached to an aromatic ring is 1. The van der Waals surface area contributed by atoms with Crippen LogP contribution in [0.3, 0.4) is 0 Å². The minimum Gasteiger partial charge on any atom is -0.375 e. The van der Waals surface area contributed by atoms with Gasteiger partial charge in [0.1, 0.15) is 0 Å². The summed E-state index contributed by atoms with van der Waals surface area (Å²) in [7, 11) is 0. The molecule has 2 heterocycles. The molecule has 0 unspecified atom stereocenters. The fourth-order valence-corrected chi connectivity index (χ4v) is 3.04. The summed E-state index contributed by atoms with van der Waals surface area (Å²) in [5.74, 6) is 0. The van der Waals surface area contributed by atoms with E-state index in [2.05, 4.69) is 53.7 Å². The van der Waals surface area contributed by atoms with Crippen molar-refractivity contribution < 1.29 is 0 Å². The second-order valence-corrected chi connectivity index (χ2v) is 5.82. The lowest BCUT2D eigenvalue weighted by atomic mass is 10.2. The van der Waals surface area contributed by atoms with Crippen LogP contribution in [0, 0.1) is 13.8 Å². The van der Waals surface area contributed by atoms with E-state index in [1.165, 1.54) is 33.9 Å². The topological polar surface area (TPSA) is 43.8 Å². The zero-order chi connectivity index (χ0) is 14.1. The number of halogens is 1. The first kappa shape index (κ1) is 15.6. The molecule has 0 fully saturated rings. The predicted octanol–water partition coefficient (Wildman–Crippen LogP) is 4.28. The van der Waals surface area contributed by atoms with E-state index in [0.717, 1.165) is 12.2 Å². The Morgan fingerprint density at radius 1 is 1.19 bits per heavy atom. The third-order valence-electron chi connectivity index (χ3n) is 3.56. The van der Waals surface area contributed by atoms with Crippen LogP contribution >= 0.6 is 23.7 Å². The van der Waals surface area contributed by atoms with Crippen molar-refractivity contribution in [2.24, 2.45) is 0 Å². The Bertz CT molecular complexity index is 731. The van der Waals surface area contributed by atoms with Crippen LogP contribution in [0.2, 0.25) is 0 Å². The average molecular weight is 320 g/mol. The van der Waals surface area contributed by atoms with E-state index >= 15 is 0 Å². The third kappa shape index (κ3) is 3.12. The molecular weight excluding hydrogens is 302 g/mol. The van der Waals surface area contributed by atoms with Crippen molar-refractivity contribution in [3.05, 3.63) is 58.7 Å². The molecule has 0 radical (unpaired) electrons. The molecule has 0 saturated heterocycles. The lowest BCUT2D eigenvalue weighted by molar-refractivity contribution is 0.750. The quantitative estimate of drug-likeness (QED) is 0.783. The number of anilines is 1. The van der Waals surface area contributed by atoms with E-state index in [0.29, 0.717) is 5.13 Å². The Hall–Kier alpha value is -1.78. The van der Waals surface area contributed by atoms with Gasteiger partial charge in [0.05, 0.1) is 5.69 Å². The molecule has 110 valence electrons. The SMILES string of the molecule is Cc1cc(-c2csc(N)n2)c(C)n1Cc1ccccc1.Cl. The summed E-state index contributed by atoms with van der Waals surface area (Å²) in [6.45, 7) is 5.16. The maximum Gasteiger partial charge on any atom is 0.180 e. The number of nitrogens with zero attached hydrogens (tertiary/aromatic N) is 2. The average Bonchev–Trinajstić information content (AvgIpc) is 2.98. The zero-order valence-corrected chi connectivity index (χ0v) is 13.7. The van der Waals surface area contributed by atoms with Crippen LogP contribution < -0.4 is 5.73 Å². The highest BCUT2D eigenvalue weighted by Crippen LogP contribution is 2.29. The smallest absolute Gasteiger partial charge is 0.180 e. The number of hydrogen-bond donors (Lipinski definition) is 1. The molecular formula is C16H18ClN3S. The summed E-state index contributed by atoms with van der Waals surface area (Å²) >= 11 is 1.48. The maximum atomic E-state index is 5.74. The highest BCUT2D eigenvalue weighted by Gasteiger charge is 2.13. The molecule has 21 heavy (non-hydrogen) atoms. The van der Waals surface area contributed by atoms with E-state index < -0.39 is 0 Å². The molecule has 0 aliphatic carbocycles. The van der Waals surface area contributed by atoms with Crippen molar-refractivity contribution >= 4 is 28.9 Å². The van der Waals surface area contributed by atoms with Crippen molar-refractivity contribution in [2.75, 3.05) is 5.73 Å². The number of aryl methyl sites for hydroxylation is 1. The van der Waals surface area contributed by atoms with Gasteiger partial charge >= 0.3 is 0 Å². The Labute approximate surface area is 134 Å². The number of benzene rings is 1. The highest BCUT2D eigenvalue weighted by atomic mass is 35.5. The molecule has 0 aliphatic heterocycles. The van der Waals surface area contributed by atoms with Crippen molar-refractivity contribution in [3.63, 3.8) is 0 Å². The van der Waals surface area contributed by atoms with Crippen LogP contribution in [0.25, 0.3) is 11.3 Å². The normalized spacial score (nSPS) is 10.4. The highest BCUT2D eigenvalue weighted by molar-refractivity contribution is 7.13. The Morgan fingerprint density at radius 2 is 1.90 bits per heavy atom. The third-order valence-corrected chi connectivity index (χ3v) is 4.23. The number of aromatic nitrogens is 2. The summed E-state index contributed by atoms with van der Waals surface area (Å²) < 4.78 is 2.32. The van der Waals surface area contributed by atoms with Crippen LogP contribution in [0.4, 0.5) is 5.13 Å². The van der Waals surface area contributed by atoms with Gasteiger partial charge < -0.3 is 10.3 Å². The summed E-state index contributed by atoms with van der Waals surface area (Å²) in [5, 5.41) is 2.64. The van der Waals surface area contributed by atoms with Gasteiger partial charge in [0.25, 0.3) is 0 Å². The van der Waals surface area contributed by atoms with Gasteiger partial charge in [0.15, 0.2) is 5.13 Å². The number of hydrogen-bond acceptors (Lipinski definition) is 3. The summed E-state index contributed by atoms with van der Waals surface area (Å²) in [6.07, 6.45) is 0. The minimum atomic E-state index is 0. The van der Waals surface area contributed by atoms with Crippen LogP contribution in [-0.2, 0) is 6.54 Å². The molecule has 3 rings (SSSR count). The monoisotopic (exact) mass is 319 g/mol. The molecule has 3 nitrogen and oxygen atoms in total. The van der Waals surface area contributed by atoms with Crippen molar-refractivity contribution in [1.29, 1.82) is 0 Å². The van der Waals surface area contributed by atoms with Crippen molar-refractivity contribution in [3.8, 4) is 11.3 Å². The molecule has 0 bridgehead atoms. The van der Waals surface area contributed by atoms with E-state index in [4.69, 9.17) is 5.73 Å². The largest absolute Gasteiger partial charge is 0.375 e. The van der Waals surface area contributed by atoms with Gasteiger partial charge in [-0.05, 0) is 25.5 Å². The summed E-state index contributed by atoms with van der Waals surface area (Å²) in [5.41, 5.74) is 11.7. The fraction of sp³-hybridized carbons (Fsp3) is 0.188. The molecule has 0 amide bonds. The van der Waals surface area contributed by atoms with E-state index in [-0.39, 0.29) is 12.4 Å². The molecule has 3 aromatic rings. The Kier molecular flexibility index (Phi) is 4.70.